The van der Waals surface area contributed by atoms with Crippen molar-refractivity contribution in [1.29, 1.82) is 0 Å². The molecule has 5 nitrogen and oxygen atoms in total. The number of amides is 2. The Hall–Kier alpha value is -1.59. The Morgan fingerprint density at radius 1 is 1.32 bits per heavy atom. The second-order valence-corrected chi connectivity index (χ2v) is 4.43. The zero-order valence-electron chi connectivity index (χ0n) is 11.1. The van der Waals surface area contributed by atoms with Gasteiger partial charge in [0.2, 0.25) is 11.8 Å². The number of nitrogens with one attached hydrogen (secondary N) is 1. The molecular formula is C13H20ClN3O2. The van der Waals surface area contributed by atoms with Crippen LogP contribution in [0.25, 0.3) is 0 Å². The maximum Gasteiger partial charge on any atom is 0.248 e. The van der Waals surface area contributed by atoms with Gasteiger partial charge in [-0.1, -0.05) is 19.1 Å². The zero-order chi connectivity index (χ0) is 13.7. The van der Waals surface area contributed by atoms with Crippen LogP contribution in [0.5, 0.6) is 0 Å². The quantitative estimate of drug-likeness (QED) is 0.746. The summed E-state index contributed by atoms with van der Waals surface area (Å²) in [5.41, 5.74) is 12.1. The predicted octanol–water partition coefficient (Wildman–Crippen LogP) is 0.807. The maximum absolute atomic E-state index is 11.7. The van der Waals surface area contributed by atoms with E-state index in [1.54, 1.807) is 32.0 Å². The first-order valence-corrected chi connectivity index (χ1v) is 5.84. The summed E-state index contributed by atoms with van der Waals surface area (Å²) in [7, 11) is 0. The summed E-state index contributed by atoms with van der Waals surface area (Å²) in [5, 5.41) is 2.78. The number of hydrogen-bond acceptors (Lipinski definition) is 3. The largest absolute Gasteiger partial charge is 0.366 e. The third-order valence-corrected chi connectivity index (χ3v) is 2.88. The van der Waals surface area contributed by atoms with Gasteiger partial charge in [0.25, 0.3) is 0 Å². The first kappa shape index (κ1) is 17.4. The zero-order valence-corrected chi connectivity index (χ0v) is 11.9. The summed E-state index contributed by atoms with van der Waals surface area (Å²) < 4.78 is 0. The normalized spacial score (nSPS) is 13.0. The smallest absolute Gasteiger partial charge is 0.248 e. The highest BCUT2D eigenvalue weighted by molar-refractivity contribution is 5.92. The average molecular weight is 286 g/mol. The van der Waals surface area contributed by atoms with Gasteiger partial charge in [-0.25, -0.2) is 0 Å². The molecule has 0 bridgehead atoms. The van der Waals surface area contributed by atoms with Crippen LogP contribution >= 0.6 is 12.4 Å². The van der Waals surface area contributed by atoms with E-state index in [1.807, 2.05) is 6.07 Å². The van der Waals surface area contributed by atoms with Gasteiger partial charge in [-0.05, 0) is 24.6 Å². The number of hydrogen-bond donors (Lipinski definition) is 3. The minimum absolute atomic E-state index is 0. The molecule has 0 saturated carbocycles. The van der Waals surface area contributed by atoms with E-state index in [2.05, 4.69) is 5.32 Å². The van der Waals surface area contributed by atoms with Crippen LogP contribution in [-0.4, -0.2) is 17.9 Å². The molecule has 0 fully saturated rings. The fourth-order valence-electron chi connectivity index (χ4n) is 1.42. The molecule has 0 aliphatic carbocycles. The van der Waals surface area contributed by atoms with Gasteiger partial charge in [0.1, 0.15) is 0 Å². The number of carbonyl (C=O) groups excluding carboxylic acids is 2. The number of carbonyl (C=O) groups is 2. The van der Waals surface area contributed by atoms with E-state index in [4.69, 9.17) is 11.5 Å². The van der Waals surface area contributed by atoms with Crippen LogP contribution in [0.4, 0.5) is 0 Å². The number of halogens is 1. The summed E-state index contributed by atoms with van der Waals surface area (Å²) in [4.78, 5) is 22.7. The van der Waals surface area contributed by atoms with Crippen LogP contribution in [-0.2, 0) is 11.3 Å². The Morgan fingerprint density at radius 3 is 2.47 bits per heavy atom. The average Bonchev–Trinajstić information content (AvgIpc) is 2.35. The first-order chi connectivity index (χ1) is 8.41. The molecular weight excluding hydrogens is 266 g/mol. The van der Waals surface area contributed by atoms with Gasteiger partial charge in [0.15, 0.2) is 0 Å². The van der Waals surface area contributed by atoms with Gasteiger partial charge in [-0.2, -0.15) is 0 Å². The van der Waals surface area contributed by atoms with Crippen LogP contribution in [0.15, 0.2) is 24.3 Å². The molecule has 0 saturated heterocycles. The molecule has 2 unspecified atom stereocenters. The maximum atomic E-state index is 11.7. The monoisotopic (exact) mass is 285 g/mol. The SMILES string of the molecule is CC(N)C(C)C(=O)NCc1cccc(C(N)=O)c1.Cl. The lowest BCUT2D eigenvalue weighted by Crippen LogP contribution is -2.38. The highest BCUT2D eigenvalue weighted by Gasteiger charge is 2.16. The van der Waals surface area contributed by atoms with Crippen molar-refractivity contribution < 1.29 is 9.59 Å². The Kier molecular flexibility index (Phi) is 7.11. The lowest BCUT2D eigenvalue weighted by Gasteiger charge is -2.15. The molecule has 0 aliphatic rings. The summed E-state index contributed by atoms with van der Waals surface area (Å²) in [6.45, 7) is 3.93. The van der Waals surface area contributed by atoms with Gasteiger partial charge in [-0.15, -0.1) is 12.4 Å². The molecule has 2 atom stereocenters. The lowest BCUT2D eigenvalue weighted by molar-refractivity contribution is -0.125. The molecule has 0 spiro atoms. The fraction of sp³-hybridized carbons (Fsp3) is 0.385. The number of benzene rings is 1. The molecule has 5 N–H and O–H groups in total. The topological polar surface area (TPSA) is 98.2 Å². The van der Waals surface area contributed by atoms with Crippen LogP contribution in [0.1, 0.15) is 29.8 Å². The molecule has 0 radical (unpaired) electrons. The molecule has 1 aromatic rings. The van der Waals surface area contributed by atoms with Gasteiger partial charge in [0.05, 0.1) is 0 Å². The molecule has 0 heterocycles. The molecule has 6 heteroatoms. The van der Waals surface area contributed by atoms with E-state index in [0.717, 1.165) is 5.56 Å². The standard InChI is InChI=1S/C13H19N3O2.ClH/c1-8(9(2)14)13(18)16-7-10-4-3-5-11(6-10)12(15)17;/h3-6,8-9H,7,14H2,1-2H3,(H2,15,17)(H,16,18);1H. The Morgan fingerprint density at radius 2 is 1.95 bits per heavy atom. The first-order valence-electron chi connectivity index (χ1n) is 5.84. The Labute approximate surface area is 119 Å². The summed E-state index contributed by atoms with van der Waals surface area (Å²) in [5.74, 6) is -0.828. The van der Waals surface area contributed by atoms with Gasteiger partial charge in [-0.3, -0.25) is 9.59 Å². The minimum atomic E-state index is -0.480. The van der Waals surface area contributed by atoms with E-state index >= 15 is 0 Å². The molecule has 1 aromatic carbocycles. The Bertz CT molecular complexity index is 449. The predicted molar refractivity (Wildman–Crippen MR) is 76.9 cm³/mol. The van der Waals surface area contributed by atoms with E-state index in [0.29, 0.717) is 12.1 Å². The summed E-state index contributed by atoms with van der Waals surface area (Å²) >= 11 is 0. The van der Waals surface area contributed by atoms with E-state index in [9.17, 15) is 9.59 Å². The third-order valence-electron chi connectivity index (χ3n) is 2.88. The van der Waals surface area contributed by atoms with E-state index in [-0.39, 0.29) is 30.3 Å². The van der Waals surface area contributed by atoms with Crippen LogP contribution < -0.4 is 16.8 Å². The van der Waals surface area contributed by atoms with E-state index in [1.165, 1.54) is 0 Å². The molecule has 1 rings (SSSR count). The van der Waals surface area contributed by atoms with Crippen molar-refractivity contribution in [3.8, 4) is 0 Å². The number of nitrogens with two attached hydrogens (primary N) is 2. The Balaban J connectivity index is 0.00000324. The molecule has 0 aromatic heterocycles. The fourth-order valence-corrected chi connectivity index (χ4v) is 1.42. The van der Waals surface area contributed by atoms with Crippen molar-refractivity contribution in [3.05, 3.63) is 35.4 Å². The molecule has 0 aliphatic heterocycles. The van der Waals surface area contributed by atoms with Crippen molar-refractivity contribution in [2.75, 3.05) is 0 Å². The van der Waals surface area contributed by atoms with Crippen molar-refractivity contribution in [2.45, 2.75) is 26.4 Å². The molecule has 19 heavy (non-hydrogen) atoms. The third kappa shape index (κ3) is 5.28. The summed E-state index contributed by atoms with van der Waals surface area (Å²) in [6.07, 6.45) is 0. The van der Waals surface area contributed by atoms with E-state index < -0.39 is 5.91 Å². The van der Waals surface area contributed by atoms with Gasteiger partial charge < -0.3 is 16.8 Å². The van der Waals surface area contributed by atoms with Crippen LogP contribution in [0.3, 0.4) is 0 Å². The second-order valence-electron chi connectivity index (χ2n) is 4.43. The van der Waals surface area contributed by atoms with Crippen molar-refractivity contribution in [2.24, 2.45) is 17.4 Å². The molecule has 2 amide bonds. The van der Waals surface area contributed by atoms with Gasteiger partial charge >= 0.3 is 0 Å². The van der Waals surface area contributed by atoms with Crippen molar-refractivity contribution in [1.82, 2.24) is 5.32 Å². The van der Waals surface area contributed by atoms with Crippen molar-refractivity contribution in [3.63, 3.8) is 0 Å². The van der Waals surface area contributed by atoms with Crippen molar-refractivity contribution >= 4 is 24.2 Å². The summed E-state index contributed by atoms with van der Waals surface area (Å²) in [6, 6.07) is 6.67. The number of rotatable bonds is 5. The van der Waals surface area contributed by atoms with Gasteiger partial charge in [0, 0.05) is 24.1 Å². The lowest BCUT2D eigenvalue weighted by atomic mass is 10.0. The molecule has 106 valence electrons. The minimum Gasteiger partial charge on any atom is -0.366 e. The highest BCUT2D eigenvalue weighted by Crippen LogP contribution is 2.05. The van der Waals surface area contributed by atoms with Crippen LogP contribution in [0, 0.1) is 5.92 Å². The number of primary amides is 1. The second kappa shape index (κ2) is 7.76. The highest BCUT2D eigenvalue weighted by atomic mass is 35.5. The van der Waals surface area contributed by atoms with Crippen LogP contribution in [0.2, 0.25) is 0 Å².